The molecule has 0 spiro atoms. The molecule has 0 saturated heterocycles. The number of aryl methyl sites for hydroxylation is 1. The van der Waals surface area contributed by atoms with Crippen molar-refractivity contribution in [2.24, 2.45) is 0 Å². The quantitative estimate of drug-likeness (QED) is 0.534. The van der Waals surface area contributed by atoms with Gasteiger partial charge >= 0.3 is 0 Å². The maximum absolute atomic E-state index is 12.2. The summed E-state index contributed by atoms with van der Waals surface area (Å²) in [7, 11) is 0. The fourth-order valence-corrected chi connectivity index (χ4v) is 2.97. The molecule has 0 fully saturated rings. The van der Waals surface area contributed by atoms with Gasteiger partial charge in [-0.1, -0.05) is 23.2 Å². The van der Waals surface area contributed by atoms with Gasteiger partial charge in [0.15, 0.2) is 0 Å². The molecule has 0 aliphatic rings. The third kappa shape index (κ3) is 3.64. The van der Waals surface area contributed by atoms with Crippen LogP contribution in [0, 0.1) is 17.0 Å². The van der Waals surface area contributed by atoms with Crippen molar-refractivity contribution in [3.63, 3.8) is 0 Å². The van der Waals surface area contributed by atoms with Gasteiger partial charge in [0, 0.05) is 35.8 Å². The molecule has 1 heterocycles. The van der Waals surface area contributed by atoms with E-state index in [4.69, 9.17) is 11.6 Å². The number of rotatable bonds is 5. The van der Waals surface area contributed by atoms with Crippen molar-refractivity contribution in [2.75, 3.05) is 6.54 Å². The van der Waals surface area contributed by atoms with E-state index in [1.165, 1.54) is 23.8 Å². The summed E-state index contributed by atoms with van der Waals surface area (Å²) in [6.45, 7) is 2.47. The van der Waals surface area contributed by atoms with Gasteiger partial charge in [-0.05, 0) is 37.1 Å². The second-order valence-electron chi connectivity index (χ2n) is 5.79. The molecule has 0 unspecified atom stereocenters. The number of aromatic amines is 1. The van der Waals surface area contributed by atoms with Crippen molar-refractivity contribution in [2.45, 2.75) is 13.3 Å². The first-order valence-electron chi connectivity index (χ1n) is 7.74. The minimum atomic E-state index is -0.549. The summed E-state index contributed by atoms with van der Waals surface area (Å²) < 4.78 is 0. The molecule has 2 aromatic carbocycles. The number of hydrogen-bond acceptors (Lipinski definition) is 3. The van der Waals surface area contributed by atoms with Gasteiger partial charge in [-0.2, -0.15) is 0 Å². The van der Waals surface area contributed by atoms with Crippen LogP contribution in [0.4, 0.5) is 5.69 Å². The number of H-pyrrole nitrogens is 1. The fourth-order valence-electron chi connectivity index (χ4n) is 2.71. The topological polar surface area (TPSA) is 88.0 Å². The second-order valence-corrected chi connectivity index (χ2v) is 6.20. The molecular weight excluding hydrogens is 342 g/mol. The first-order chi connectivity index (χ1) is 12.0. The highest BCUT2D eigenvalue weighted by atomic mass is 35.5. The van der Waals surface area contributed by atoms with Crippen LogP contribution in [0.25, 0.3) is 10.9 Å². The fraction of sp³-hybridized carbons (Fsp3) is 0.167. The van der Waals surface area contributed by atoms with E-state index in [0.717, 1.165) is 16.5 Å². The minimum absolute atomic E-state index is 0.0643. The van der Waals surface area contributed by atoms with Crippen molar-refractivity contribution < 1.29 is 9.72 Å². The lowest BCUT2D eigenvalue weighted by molar-refractivity contribution is -0.384. The number of non-ortho nitro benzene ring substituents is 1. The average Bonchev–Trinajstić information content (AvgIpc) is 2.96. The molecule has 1 amide bonds. The predicted octanol–water partition coefficient (Wildman–Crippen LogP) is 4.01. The molecule has 0 aliphatic heterocycles. The van der Waals surface area contributed by atoms with E-state index in [1.807, 2.05) is 25.3 Å². The van der Waals surface area contributed by atoms with Crippen molar-refractivity contribution >= 4 is 34.1 Å². The maximum atomic E-state index is 12.2. The molecule has 3 aromatic rings. The zero-order valence-electron chi connectivity index (χ0n) is 13.5. The lowest BCUT2D eigenvalue weighted by atomic mass is 10.1. The number of carbonyl (C=O) groups excluding carboxylic acids is 1. The Bertz CT molecular complexity index is 965. The van der Waals surface area contributed by atoms with Crippen LogP contribution in [0.2, 0.25) is 5.02 Å². The number of nitrogens with one attached hydrogen (secondary N) is 2. The summed E-state index contributed by atoms with van der Waals surface area (Å²) in [5, 5.41) is 14.7. The number of nitro groups is 1. The van der Waals surface area contributed by atoms with Crippen LogP contribution in [-0.4, -0.2) is 22.4 Å². The molecule has 0 bridgehead atoms. The summed E-state index contributed by atoms with van der Waals surface area (Å²) in [5.41, 5.74) is 3.44. The van der Waals surface area contributed by atoms with E-state index in [9.17, 15) is 14.9 Å². The Kier molecular flexibility index (Phi) is 4.72. The van der Waals surface area contributed by atoms with Crippen LogP contribution >= 0.6 is 11.6 Å². The Balaban J connectivity index is 1.66. The molecule has 0 radical (unpaired) electrons. The van der Waals surface area contributed by atoms with E-state index in [2.05, 4.69) is 16.4 Å². The second kappa shape index (κ2) is 6.94. The predicted molar refractivity (Wildman–Crippen MR) is 97.2 cm³/mol. The van der Waals surface area contributed by atoms with Crippen LogP contribution in [-0.2, 0) is 6.42 Å². The summed E-state index contributed by atoms with van der Waals surface area (Å²) in [6.07, 6.45) is 2.61. The molecule has 2 N–H and O–H groups in total. The lowest BCUT2D eigenvalue weighted by Crippen LogP contribution is -2.25. The zero-order chi connectivity index (χ0) is 18.0. The number of hydrogen-bond donors (Lipinski definition) is 2. The molecule has 1 aromatic heterocycles. The molecule has 6 nitrogen and oxygen atoms in total. The van der Waals surface area contributed by atoms with Crippen molar-refractivity contribution in [3.8, 4) is 0 Å². The van der Waals surface area contributed by atoms with Gasteiger partial charge in [0.1, 0.15) is 0 Å². The highest BCUT2D eigenvalue weighted by Crippen LogP contribution is 2.23. The molecule has 0 atom stereocenters. The number of halogens is 1. The highest BCUT2D eigenvalue weighted by Gasteiger charge is 2.14. The molecule has 7 heteroatoms. The molecule has 128 valence electrons. The number of fused-ring (bicyclic) bond motifs is 1. The molecule has 0 saturated carbocycles. The maximum Gasteiger partial charge on any atom is 0.270 e. The van der Waals surface area contributed by atoms with Crippen LogP contribution in [0.5, 0.6) is 0 Å². The number of carbonyl (C=O) groups is 1. The zero-order valence-corrected chi connectivity index (χ0v) is 14.3. The Labute approximate surface area is 149 Å². The van der Waals surface area contributed by atoms with Crippen molar-refractivity contribution in [3.05, 3.63) is 74.4 Å². The Hall–Kier alpha value is -2.86. The van der Waals surface area contributed by atoms with Crippen LogP contribution in [0.1, 0.15) is 21.5 Å². The first-order valence-corrected chi connectivity index (χ1v) is 8.12. The highest BCUT2D eigenvalue weighted by molar-refractivity contribution is 6.34. The number of benzene rings is 2. The van der Waals surface area contributed by atoms with Gasteiger partial charge < -0.3 is 10.3 Å². The largest absolute Gasteiger partial charge is 0.361 e. The molecule has 3 rings (SSSR count). The van der Waals surface area contributed by atoms with Crippen LogP contribution in [0.3, 0.4) is 0 Å². The molecule has 25 heavy (non-hydrogen) atoms. The van der Waals surface area contributed by atoms with Crippen molar-refractivity contribution in [1.82, 2.24) is 10.3 Å². The number of aromatic nitrogens is 1. The normalized spacial score (nSPS) is 10.8. The summed E-state index contributed by atoms with van der Waals surface area (Å²) in [5.74, 6) is -0.351. The van der Waals surface area contributed by atoms with E-state index in [1.54, 1.807) is 0 Å². The summed E-state index contributed by atoms with van der Waals surface area (Å²) in [6, 6.07) is 9.99. The number of nitrogens with zero attached hydrogens (tertiary/aromatic N) is 1. The van der Waals surface area contributed by atoms with Crippen LogP contribution in [0.15, 0.2) is 42.6 Å². The number of amides is 1. The lowest BCUT2D eigenvalue weighted by Gasteiger charge is -2.06. The third-order valence-electron chi connectivity index (χ3n) is 4.01. The SMILES string of the molecule is Cc1ccc2[nH]cc(CCNC(=O)c3ccc([N+](=O)[O-])cc3Cl)c2c1. The van der Waals surface area contributed by atoms with Gasteiger partial charge in [-0.25, -0.2) is 0 Å². The van der Waals surface area contributed by atoms with E-state index >= 15 is 0 Å². The van der Waals surface area contributed by atoms with E-state index in [-0.39, 0.29) is 22.2 Å². The molecule has 0 aliphatic carbocycles. The van der Waals surface area contributed by atoms with Crippen LogP contribution < -0.4 is 5.32 Å². The van der Waals surface area contributed by atoms with Gasteiger partial charge in [0.05, 0.1) is 15.5 Å². The third-order valence-corrected chi connectivity index (χ3v) is 4.32. The summed E-state index contributed by atoms with van der Waals surface area (Å²) >= 11 is 5.97. The van der Waals surface area contributed by atoms with E-state index < -0.39 is 4.92 Å². The first kappa shape index (κ1) is 17.0. The van der Waals surface area contributed by atoms with Gasteiger partial charge in [0.25, 0.3) is 11.6 Å². The molecular formula is C18H16ClN3O3. The Morgan fingerprint density at radius 2 is 2.08 bits per heavy atom. The summed E-state index contributed by atoms with van der Waals surface area (Å²) in [4.78, 5) is 25.6. The Morgan fingerprint density at radius 3 is 2.80 bits per heavy atom. The van der Waals surface area contributed by atoms with Gasteiger partial charge in [-0.3, -0.25) is 14.9 Å². The van der Waals surface area contributed by atoms with Gasteiger partial charge in [-0.15, -0.1) is 0 Å². The standard InChI is InChI=1S/C18H16ClN3O3/c1-11-2-5-17-15(8-11)12(10-21-17)6-7-20-18(23)14-4-3-13(22(24)25)9-16(14)19/h2-5,8-10,21H,6-7H2,1H3,(H,20,23). The van der Waals surface area contributed by atoms with Crippen molar-refractivity contribution in [1.29, 1.82) is 0 Å². The smallest absolute Gasteiger partial charge is 0.270 e. The minimum Gasteiger partial charge on any atom is -0.361 e. The van der Waals surface area contributed by atoms with Gasteiger partial charge in [0.2, 0.25) is 0 Å². The monoisotopic (exact) mass is 357 g/mol. The average molecular weight is 358 g/mol. The Morgan fingerprint density at radius 1 is 1.28 bits per heavy atom. The van der Waals surface area contributed by atoms with E-state index in [0.29, 0.717) is 13.0 Å². The number of nitro benzene ring substituents is 1.